The van der Waals surface area contributed by atoms with Gasteiger partial charge >= 0.3 is 0 Å². The molecule has 6 nitrogen and oxygen atoms in total. The van der Waals surface area contributed by atoms with E-state index in [0.717, 1.165) is 5.56 Å². The van der Waals surface area contributed by atoms with E-state index in [1.165, 1.54) is 16.4 Å². The van der Waals surface area contributed by atoms with E-state index in [-0.39, 0.29) is 15.8 Å². The van der Waals surface area contributed by atoms with Gasteiger partial charge < -0.3 is 10.1 Å². The highest BCUT2D eigenvalue weighted by atomic mass is 35.5. The third-order valence-corrected chi connectivity index (χ3v) is 6.99. The van der Waals surface area contributed by atoms with Crippen molar-refractivity contribution in [2.75, 3.05) is 18.4 Å². The van der Waals surface area contributed by atoms with Crippen molar-refractivity contribution in [3.8, 4) is 5.75 Å². The molecule has 2 aromatic rings. The SMILES string of the molecule is CCN(CC)S(=O)(=O)c1cc(NC(=O)C2Cc3ccccc3O2)ccc1Cl. The minimum Gasteiger partial charge on any atom is -0.480 e. The number of ether oxygens (including phenoxy) is 1. The Morgan fingerprint density at radius 3 is 2.59 bits per heavy atom. The molecule has 1 N–H and O–H groups in total. The van der Waals surface area contributed by atoms with Crippen molar-refractivity contribution in [1.82, 2.24) is 4.31 Å². The quantitative estimate of drug-likeness (QED) is 0.795. The van der Waals surface area contributed by atoms with Gasteiger partial charge in [0.1, 0.15) is 10.6 Å². The van der Waals surface area contributed by atoms with E-state index in [4.69, 9.17) is 16.3 Å². The van der Waals surface area contributed by atoms with Crippen molar-refractivity contribution in [2.24, 2.45) is 0 Å². The first-order valence-electron chi connectivity index (χ1n) is 8.72. The number of para-hydroxylation sites is 1. The molecular weight excluding hydrogens is 388 g/mol. The highest BCUT2D eigenvalue weighted by molar-refractivity contribution is 7.89. The predicted molar refractivity (Wildman–Crippen MR) is 105 cm³/mol. The molecule has 1 heterocycles. The molecule has 0 bridgehead atoms. The van der Waals surface area contributed by atoms with E-state index >= 15 is 0 Å². The van der Waals surface area contributed by atoms with Crippen LogP contribution in [0.25, 0.3) is 0 Å². The van der Waals surface area contributed by atoms with Crippen LogP contribution in [0, 0.1) is 0 Å². The number of sulfonamides is 1. The van der Waals surface area contributed by atoms with Crippen LogP contribution in [0.3, 0.4) is 0 Å². The molecule has 8 heteroatoms. The number of nitrogens with zero attached hydrogens (tertiary/aromatic N) is 1. The summed E-state index contributed by atoms with van der Waals surface area (Å²) >= 11 is 6.12. The van der Waals surface area contributed by atoms with Gasteiger partial charge in [-0.15, -0.1) is 0 Å². The molecule has 0 saturated carbocycles. The summed E-state index contributed by atoms with van der Waals surface area (Å²) in [5, 5.41) is 2.84. The second-order valence-corrected chi connectivity index (χ2v) is 8.46. The minimum absolute atomic E-state index is 0.0266. The lowest BCUT2D eigenvalue weighted by Crippen LogP contribution is -2.32. The lowest BCUT2D eigenvalue weighted by atomic mass is 10.1. The van der Waals surface area contributed by atoms with Crippen LogP contribution in [0.5, 0.6) is 5.75 Å². The molecule has 0 spiro atoms. The Morgan fingerprint density at radius 2 is 1.93 bits per heavy atom. The summed E-state index contributed by atoms with van der Waals surface area (Å²) in [5.74, 6) is 0.360. The van der Waals surface area contributed by atoms with Crippen LogP contribution < -0.4 is 10.1 Å². The number of carbonyl (C=O) groups is 1. The summed E-state index contributed by atoms with van der Waals surface area (Å²) in [6, 6.07) is 11.9. The summed E-state index contributed by atoms with van der Waals surface area (Å²) in [4.78, 5) is 12.5. The molecule has 0 fully saturated rings. The van der Waals surface area contributed by atoms with Crippen molar-refractivity contribution in [2.45, 2.75) is 31.3 Å². The topological polar surface area (TPSA) is 75.7 Å². The van der Waals surface area contributed by atoms with Crippen molar-refractivity contribution < 1.29 is 17.9 Å². The molecule has 2 aromatic carbocycles. The molecule has 0 aliphatic carbocycles. The number of benzene rings is 2. The Bertz CT molecular complexity index is 933. The lowest BCUT2D eigenvalue weighted by molar-refractivity contribution is -0.122. The minimum atomic E-state index is -3.73. The summed E-state index contributed by atoms with van der Waals surface area (Å²) in [6.45, 7) is 4.19. The van der Waals surface area contributed by atoms with Gasteiger partial charge in [0.15, 0.2) is 6.10 Å². The largest absolute Gasteiger partial charge is 0.480 e. The fourth-order valence-corrected chi connectivity index (χ4v) is 4.99. The third kappa shape index (κ3) is 3.95. The summed E-state index contributed by atoms with van der Waals surface area (Å²) in [6.07, 6.45) is -0.180. The van der Waals surface area contributed by atoms with Crippen LogP contribution in [0.15, 0.2) is 47.4 Å². The van der Waals surface area contributed by atoms with E-state index < -0.39 is 16.1 Å². The van der Waals surface area contributed by atoms with Gasteiger partial charge in [-0.3, -0.25) is 4.79 Å². The Morgan fingerprint density at radius 1 is 1.22 bits per heavy atom. The molecule has 1 atom stereocenters. The van der Waals surface area contributed by atoms with Gasteiger partial charge in [0.2, 0.25) is 10.0 Å². The monoisotopic (exact) mass is 408 g/mol. The molecule has 1 aliphatic heterocycles. The standard InChI is InChI=1S/C19H21ClN2O4S/c1-3-22(4-2)27(24,25)18-12-14(9-10-15(18)20)21-19(23)17-11-13-7-5-6-8-16(13)26-17/h5-10,12,17H,3-4,11H2,1-2H3,(H,21,23). The Balaban J connectivity index is 1.80. The maximum Gasteiger partial charge on any atom is 0.265 e. The highest BCUT2D eigenvalue weighted by Crippen LogP contribution is 2.30. The van der Waals surface area contributed by atoms with E-state index in [9.17, 15) is 13.2 Å². The summed E-state index contributed by atoms with van der Waals surface area (Å²) in [5.41, 5.74) is 1.33. The first-order valence-corrected chi connectivity index (χ1v) is 10.5. The van der Waals surface area contributed by atoms with Crippen molar-refractivity contribution in [3.63, 3.8) is 0 Å². The van der Waals surface area contributed by atoms with Gasteiger partial charge in [0.25, 0.3) is 5.91 Å². The lowest BCUT2D eigenvalue weighted by Gasteiger charge is -2.20. The second-order valence-electron chi connectivity index (χ2n) is 6.14. The number of carbonyl (C=O) groups excluding carboxylic acids is 1. The van der Waals surface area contributed by atoms with Crippen molar-refractivity contribution >= 4 is 33.2 Å². The van der Waals surface area contributed by atoms with Gasteiger partial charge in [0, 0.05) is 25.2 Å². The fraction of sp³-hybridized carbons (Fsp3) is 0.316. The zero-order chi connectivity index (χ0) is 19.6. The zero-order valence-corrected chi connectivity index (χ0v) is 16.7. The number of rotatable bonds is 6. The first-order chi connectivity index (χ1) is 12.9. The molecule has 0 radical (unpaired) electrons. The first kappa shape index (κ1) is 19.7. The normalized spacial score (nSPS) is 16.1. The van der Waals surface area contributed by atoms with Crippen LogP contribution >= 0.6 is 11.6 Å². The van der Waals surface area contributed by atoms with Gasteiger partial charge in [-0.05, 0) is 29.8 Å². The molecule has 144 valence electrons. The molecule has 3 rings (SSSR count). The molecule has 1 aliphatic rings. The van der Waals surface area contributed by atoms with Gasteiger partial charge in [-0.1, -0.05) is 43.6 Å². The third-order valence-electron chi connectivity index (χ3n) is 4.46. The van der Waals surface area contributed by atoms with E-state index in [2.05, 4.69) is 5.32 Å². The van der Waals surface area contributed by atoms with Crippen LogP contribution in [0.4, 0.5) is 5.69 Å². The summed E-state index contributed by atoms with van der Waals surface area (Å²) < 4.78 is 32.5. The maximum atomic E-state index is 12.8. The van der Waals surface area contributed by atoms with E-state index in [1.54, 1.807) is 19.9 Å². The van der Waals surface area contributed by atoms with E-state index in [1.807, 2.05) is 24.3 Å². The Labute approximate surface area is 164 Å². The number of halogens is 1. The van der Waals surface area contributed by atoms with Crippen molar-refractivity contribution in [3.05, 3.63) is 53.1 Å². The van der Waals surface area contributed by atoms with Crippen molar-refractivity contribution in [1.29, 1.82) is 0 Å². The number of hydrogen-bond acceptors (Lipinski definition) is 4. The number of nitrogens with one attached hydrogen (secondary N) is 1. The van der Waals surface area contributed by atoms with Gasteiger partial charge in [-0.2, -0.15) is 4.31 Å². The summed E-state index contributed by atoms with van der Waals surface area (Å²) in [7, 11) is -3.73. The van der Waals surface area contributed by atoms with Crippen LogP contribution in [0.1, 0.15) is 19.4 Å². The van der Waals surface area contributed by atoms with E-state index in [0.29, 0.717) is 30.9 Å². The Hall–Kier alpha value is -2.09. The number of hydrogen-bond donors (Lipinski definition) is 1. The molecule has 1 unspecified atom stereocenters. The molecule has 1 amide bonds. The van der Waals surface area contributed by atoms with Crippen LogP contribution in [-0.4, -0.2) is 37.8 Å². The van der Waals surface area contributed by atoms with Gasteiger partial charge in [-0.25, -0.2) is 8.42 Å². The molecule has 0 saturated heterocycles. The molecular formula is C19H21ClN2O4S. The molecule has 0 aromatic heterocycles. The average molecular weight is 409 g/mol. The van der Waals surface area contributed by atoms with Gasteiger partial charge in [0.05, 0.1) is 5.02 Å². The fourth-order valence-electron chi connectivity index (χ4n) is 3.03. The zero-order valence-electron chi connectivity index (χ0n) is 15.1. The number of fused-ring (bicyclic) bond motifs is 1. The Kier molecular flexibility index (Phi) is 5.74. The van der Waals surface area contributed by atoms with Crippen LogP contribution in [-0.2, 0) is 21.2 Å². The van der Waals surface area contributed by atoms with Crippen LogP contribution in [0.2, 0.25) is 5.02 Å². The predicted octanol–water partition coefficient (Wildman–Crippen LogP) is 3.31. The highest BCUT2D eigenvalue weighted by Gasteiger charge is 2.30. The smallest absolute Gasteiger partial charge is 0.265 e. The second kappa shape index (κ2) is 7.88. The maximum absolute atomic E-state index is 12.8. The number of amides is 1. The average Bonchev–Trinajstić information content (AvgIpc) is 3.08. The number of anilines is 1. The molecule has 27 heavy (non-hydrogen) atoms.